The zero-order valence-corrected chi connectivity index (χ0v) is 14.7. The molecule has 3 aromatic rings. The molecular formula is C19H19NO6. The van der Waals surface area contributed by atoms with Crippen LogP contribution >= 0.6 is 0 Å². The maximum absolute atomic E-state index is 12.2. The molecule has 136 valence electrons. The maximum Gasteiger partial charge on any atom is 0.408 e. The van der Waals surface area contributed by atoms with E-state index >= 15 is 0 Å². The number of hydrogen-bond acceptors (Lipinski definition) is 6. The minimum absolute atomic E-state index is 0.0519. The van der Waals surface area contributed by atoms with Crippen molar-refractivity contribution < 1.29 is 28.6 Å². The van der Waals surface area contributed by atoms with Crippen LogP contribution in [0.25, 0.3) is 21.7 Å². The molecule has 1 amide bonds. The van der Waals surface area contributed by atoms with Crippen LogP contribution in [0, 0.1) is 0 Å². The second-order valence-electron chi connectivity index (χ2n) is 6.72. The molecule has 7 nitrogen and oxygen atoms in total. The monoisotopic (exact) mass is 357 g/mol. The van der Waals surface area contributed by atoms with E-state index < -0.39 is 17.7 Å². The van der Waals surface area contributed by atoms with Crippen molar-refractivity contribution in [1.29, 1.82) is 0 Å². The van der Waals surface area contributed by atoms with Gasteiger partial charge in [0.2, 0.25) is 0 Å². The van der Waals surface area contributed by atoms with Crippen molar-refractivity contribution in [3.8, 4) is 11.5 Å². The summed E-state index contributed by atoms with van der Waals surface area (Å²) in [5.41, 5.74) is -0.409. The number of nitrogens with one attached hydrogen (secondary N) is 1. The third-order valence-electron chi connectivity index (χ3n) is 3.55. The Morgan fingerprint density at radius 1 is 1.12 bits per heavy atom. The smallest absolute Gasteiger partial charge is 0.408 e. The molecule has 0 aliphatic rings. The molecule has 0 bridgehead atoms. The molecule has 0 saturated heterocycles. The van der Waals surface area contributed by atoms with E-state index in [2.05, 4.69) is 5.32 Å². The summed E-state index contributed by atoms with van der Waals surface area (Å²) in [5.74, 6) is -0.449. The van der Waals surface area contributed by atoms with Gasteiger partial charge in [-0.05, 0) is 26.8 Å². The van der Waals surface area contributed by atoms with Gasteiger partial charge in [0.25, 0.3) is 0 Å². The van der Waals surface area contributed by atoms with Crippen LogP contribution in [0.15, 0.2) is 41.0 Å². The largest absolute Gasteiger partial charge is 0.507 e. The highest BCUT2D eigenvalue weighted by atomic mass is 16.6. The Morgan fingerprint density at radius 3 is 2.50 bits per heavy atom. The molecule has 0 aliphatic carbocycles. The lowest BCUT2D eigenvalue weighted by atomic mass is 10.1. The zero-order chi connectivity index (χ0) is 18.9. The van der Waals surface area contributed by atoms with E-state index in [4.69, 9.17) is 13.9 Å². The topological polar surface area (TPSA) is 98.0 Å². The number of amides is 1. The highest BCUT2D eigenvalue weighted by Gasteiger charge is 2.21. The first kappa shape index (κ1) is 17.6. The van der Waals surface area contributed by atoms with E-state index in [9.17, 15) is 14.7 Å². The Kier molecular flexibility index (Phi) is 4.46. The number of carbonyl (C=O) groups is 2. The number of hydrogen-bond donors (Lipinski definition) is 2. The van der Waals surface area contributed by atoms with Gasteiger partial charge in [0.05, 0.1) is 11.6 Å². The first-order valence-corrected chi connectivity index (χ1v) is 8.04. The molecule has 2 aromatic carbocycles. The Hall–Kier alpha value is -3.22. The third-order valence-corrected chi connectivity index (χ3v) is 3.55. The molecule has 0 spiro atoms. The molecular weight excluding hydrogens is 338 g/mol. The standard InChI is InChI=1S/C19H19NO6/c1-19(2,3)26-18(23)20-10-14(21)25-17-12-7-5-4-6-11(12)15(22)13-8-9-24-16(13)17/h4-9,22H,10H2,1-3H3,(H,20,23). The zero-order valence-electron chi connectivity index (χ0n) is 14.7. The Bertz CT molecular complexity index is 983. The fourth-order valence-electron chi connectivity index (χ4n) is 2.54. The summed E-state index contributed by atoms with van der Waals surface area (Å²) >= 11 is 0. The van der Waals surface area contributed by atoms with E-state index in [1.807, 2.05) is 0 Å². The molecule has 1 heterocycles. The van der Waals surface area contributed by atoms with Crippen molar-refractivity contribution in [2.75, 3.05) is 6.54 Å². The summed E-state index contributed by atoms with van der Waals surface area (Å²) in [6, 6.07) is 8.54. The Balaban J connectivity index is 1.84. The number of phenolic OH excluding ortho intramolecular Hbond substituents is 1. The van der Waals surface area contributed by atoms with Crippen LogP contribution in [0.2, 0.25) is 0 Å². The van der Waals surface area contributed by atoms with Gasteiger partial charge >= 0.3 is 12.1 Å². The van der Waals surface area contributed by atoms with Crippen LogP contribution in [-0.2, 0) is 9.53 Å². The molecule has 3 rings (SSSR count). The van der Waals surface area contributed by atoms with Crippen molar-refractivity contribution >= 4 is 33.8 Å². The van der Waals surface area contributed by atoms with Crippen LogP contribution in [0.5, 0.6) is 11.5 Å². The minimum Gasteiger partial charge on any atom is -0.507 e. The maximum atomic E-state index is 12.2. The summed E-state index contributed by atoms with van der Waals surface area (Å²) in [6.07, 6.45) is 0.688. The second kappa shape index (κ2) is 6.59. The average molecular weight is 357 g/mol. The van der Waals surface area contributed by atoms with Crippen LogP contribution in [-0.4, -0.2) is 29.3 Å². The van der Waals surface area contributed by atoms with Crippen molar-refractivity contribution in [3.63, 3.8) is 0 Å². The second-order valence-corrected chi connectivity index (χ2v) is 6.72. The van der Waals surface area contributed by atoms with Gasteiger partial charge in [-0.25, -0.2) is 9.59 Å². The van der Waals surface area contributed by atoms with Crippen molar-refractivity contribution in [2.24, 2.45) is 0 Å². The number of furan rings is 1. The SMILES string of the molecule is CC(C)(C)OC(=O)NCC(=O)Oc1c2ccccc2c(O)c2ccoc12. The lowest BCUT2D eigenvalue weighted by Crippen LogP contribution is -2.36. The van der Waals surface area contributed by atoms with Crippen LogP contribution in [0.1, 0.15) is 20.8 Å². The van der Waals surface area contributed by atoms with Crippen molar-refractivity contribution in [2.45, 2.75) is 26.4 Å². The minimum atomic E-state index is -0.715. The number of phenols is 1. The Labute approximate surface area is 149 Å². The lowest BCUT2D eigenvalue weighted by molar-refractivity contribution is -0.133. The van der Waals surface area contributed by atoms with Gasteiger partial charge in [0.1, 0.15) is 17.9 Å². The predicted octanol–water partition coefficient (Wildman–Crippen LogP) is 3.72. The quantitative estimate of drug-likeness (QED) is 0.548. The molecule has 0 atom stereocenters. The number of ether oxygens (including phenoxy) is 2. The van der Waals surface area contributed by atoms with Gasteiger partial charge in [-0.1, -0.05) is 24.3 Å². The normalized spacial score (nSPS) is 11.5. The lowest BCUT2D eigenvalue weighted by Gasteiger charge is -2.19. The first-order chi connectivity index (χ1) is 12.3. The summed E-state index contributed by atoms with van der Waals surface area (Å²) < 4.78 is 15.9. The fourth-order valence-corrected chi connectivity index (χ4v) is 2.54. The van der Waals surface area contributed by atoms with Crippen LogP contribution in [0.3, 0.4) is 0 Å². The summed E-state index contributed by atoms with van der Waals surface area (Å²) in [5, 5.41) is 14.2. The molecule has 26 heavy (non-hydrogen) atoms. The molecule has 7 heteroatoms. The molecule has 1 aromatic heterocycles. The molecule has 0 saturated carbocycles. The van der Waals surface area contributed by atoms with E-state index in [1.54, 1.807) is 51.1 Å². The fraction of sp³-hybridized carbons (Fsp3) is 0.263. The number of carbonyl (C=O) groups excluding carboxylic acids is 2. The number of alkyl carbamates (subject to hydrolysis) is 1. The first-order valence-electron chi connectivity index (χ1n) is 8.04. The van der Waals surface area contributed by atoms with Gasteiger partial charge in [-0.2, -0.15) is 0 Å². The molecule has 0 fully saturated rings. The van der Waals surface area contributed by atoms with Gasteiger partial charge in [-0.15, -0.1) is 0 Å². The third kappa shape index (κ3) is 3.56. The highest BCUT2D eigenvalue weighted by Crippen LogP contribution is 2.42. The van der Waals surface area contributed by atoms with E-state index in [0.29, 0.717) is 16.2 Å². The number of rotatable bonds is 3. The average Bonchev–Trinajstić information content (AvgIpc) is 3.05. The number of aromatic hydroxyl groups is 1. The van der Waals surface area contributed by atoms with E-state index in [1.165, 1.54) is 6.26 Å². The summed E-state index contributed by atoms with van der Waals surface area (Å²) in [7, 11) is 0. The molecule has 0 unspecified atom stereocenters. The van der Waals surface area contributed by atoms with E-state index in [0.717, 1.165) is 0 Å². The van der Waals surface area contributed by atoms with Gasteiger partial charge < -0.3 is 24.3 Å². The van der Waals surface area contributed by atoms with Crippen molar-refractivity contribution in [1.82, 2.24) is 5.32 Å². The van der Waals surface area contributed by atoms with Gasteiger partial charge in [0, 0.05) is 10.8 Å². The molecule has 0 aliphatic heterocycles. The van der Waals surface area contributed by atoms with Crippen LogP contribution in [0.4, 0.5) is 4.79 Å². The number of benzene rings is 2. The predicted molar refractivity (Wildman–Crippen MR) is 95.3 cm³/mol. The van der Waals surface area contributed by atoms with E-state index in [-0.39, 0.29) is 23.6 Å². The van der Waals surface area contributed by atoms with Crippen LogP contribution < -0.4 is 10.1 Å². The van der Waals surface area contributed by atoms with Gasteiger partial charge in [0.15, 0.2) is 11.3 Å². The van der Waals surface area contributed by atoms with Gasteiger partial charge in [-0.3, -0.25) is 0 Å². The summed E-state index contributed by atoms with van der Waals surface area (Å²) in [4.78, 5) is 23.8. The van der Waals surface area contributed by atoms with Crippen molar-refractivity contribution in [3.05, 3.63) is 36.6 Å². The Morgan fingerprint density at radius 2 is 1.81 bits per heavy atom. The summed E-state index contributed by atoms with van der Waals surface area (Å²) in [6.45, 7) is 4.80. The number of fused-ring (bicyclic) bond motifs is 2. The molecule has 0 radical (unpaired) electrons. The number of esters is 1. The highest BCUT2D eigenvalue weighted by molar-refractivity contribution is 6.09. The molecule has 2 N–H and O–H groups in total.